The molecule has 3 aliphatic rings. The minimum absolute atomic E-state index is 0.000302. The summed E-state index contributed by atoms with van der Waals surface area (Å²) in [6, 6.07) is 0.206. The van der Waals surface area contributed by atoms with E-state index in [0.29, 0.717) is 28.1 Å². The number of aromatic nitrogens is 2. The normalized spacial score (nSPS) is 26.9. The van der Waals surface area contributed by atoms with Crippen LogP contribution in [-0.2, 0) is 9.53 Å². The average molecular weight is 404 g/mol. The van der Waals surface area contributed by atoms with Crippen molar-refractivity contribution in [1.82, 2.24) is 15.3 Å². The molecule has 1 aromatic rings. The van der Waals surface area contributed by atoms with Gasteiger partial charge < -0.3 is 10.1 Å². The third-order valence-electron chi connectivity index (χ3n) is 6.57. The summed E-state index contributed by atoms with van der Waals surface area (Å²) < 4.78 is 4.91. The number of nitrogens with zero attached hydrogens (tertiary/aromatic N) is 2. The van der Waals surface area contributed by atoms with Gasteiger partial charge in [-0.05, 0) is 63.7 Å². The summed E-state index contributed by atoms with van der Waals surface area (Å²) >= 11 is 1.31. The number of thioether (sulfide) groups is 1. The van der Waals surface area contributed by atoms with Gasteiger partial charge >= 0.3 is 5.97 Å². The Morgan fingerprint density at radius 2 is 2.00 bits per heavy atom. The Balaban J connectivity index is 1.40. The Morgan fingerprint density at radius 3 is 2.61 bits per heavy atom. The molecule has 4 atom stereocenters. The second kappa shape index (κ2) is 8.01. The maximum absolute atomic E-state index is 12.6. The molecule has 4 rings (SSSR count). The number of rotatable bonds is 7. The topological polar surface area (TPSA) is 81.2 Å². The molecule has 1 amide bonds. The summed E-state index contributed by atoms with van der Waals surface area (Å²) in [5.74, 6) is 3.23. The third-order valence-corrected chi connectivity index (χ3v) is 7.55. The molecule has 0 spiro atoms. The number of methoxy groups -OCH3 is 1. The van der Waals surface area contributed by atoms with Gasteiger partial charge in [0.15, 0.2) is 0 Å². The van der Waals surface area contributed by atoms with Crippen molar-refractivity contribution in [3.63, 3.8) is 0 Å². The summed E-state index contributed by atoms with van der Waals surface area (Å²) in [4.78, 5) is 33.9. The second-order valence-electron chi connectivity index (χ2n) is 8.60. The van der Waals surface area contributed by atoms with E-state index in [-0.39, 0.29) is 17.7 Å². The van der Waals surface area contributed by atoms with Gasteiger partial charge in [-0.15, -0.1) is 0 Å². The Kier molecular flexibility index (Phi) is 5.63. The van der Waals surface area contributed by atoms with Crippen LogP contribution in [0.15, 0.2) is 5.03 Å². The first-order valence-electron chi connectivity index (χ1n) is 10.3. The van der Waals surface area contributed by atoms with Gasteiger partial charge in [0.1, 0.15) is 16.4 Å². The lowest BCUT2D eigenvalue weighted by Crippen LogP contribution is -2.41. The fraction of sp³-hybridized carbons (Fsp3) is 0.714. The zero-order valence-corrected chi connectivity index (χ0v) is 17.7. The molecule has 0 aromatic carbocycles. The number of aryl methyl sites for hydroxylation is 1. The lowest BCUT2D eigenvalue weighted by molar-refractivity contribution is -0.119. The van der Waals surface area contributed by atoms with Crippen LogP contribution in [0.4, 0.5) is 0 Å². The first-order valence-corrected chi connectivity index (χ1v) is 11.3. The van der Waals surface area contributed by atoms with Crippen molar-refractivity contribution in [2.24, 2.45) is 17.8 Å². The van der Waals surface area contributed by atoms with E-state index < -0.39 is 5.97 Å². The van der Waals surface area contributed by atoms with Crippen LogP contribution < -0.4 is 5.32 Å². The van der Waals surface area contributed by atoms with Gasteiger partial charge in [0.25, 0.3) is 0 Å². The molecule has 1 N–H and O–H groups in total. The number of fused-ring (bicyclic) bond motifs is 2. The molecule has 1 aromatic heterocycles. The lowest BCUT2D eigenvalue weighted by atomic mass is 9.84. The van der Waals surface area contributed by atoms with Crippen molar-refractivity contribution in [2.75, 3.05) is 12.9 Å². The molecule has 152 valence electrons. The van der Waals surface area contributed by atoms with E-state index in [0.717, 1.165) is 30.5 Å². The molecule has 0 saturated heterocycles. The predicted octanol–water partition coefficient (Wildman–Crippen LogP) is 3.48. The van der Waals surface area contributed by atoms with E-state index in [1.54, 1.807) is 6.92 Å². The van der Waals surface area contributed by atoms with Crippen LogP contribution in [0.5, 0.6) is 0 Å². The number of nitrogens with one attached hydrogen (secondary N) is 1. The quantitative estimate of drug-likeness (QED) is 0.426. The lowest BCUT2D eigenvalue weighted by Gasteiger charge is -2.28. The largest absolute Gasteiger partial charge is 0.465 e. The molecule has 0 aliphatic heterocycles. The number of carbonyl (C=O) groups excluding carboxylic acids is 2. The van der Waals surface area contributed by atoms with Crippen LogP contribution in [-0.4, -0.2) is 40.7 Å². The van der Waals surface area contributed by atoms with E-state index >= 15 is 0 Å². The van der Waals surface area contributed by atoms with Crippen LogP contribution in [0.25, 0.3) is 0 Å². The highest BCUT2D eigenvalue weighted by atomic mass is 32.2. The van der Waals surface area contributed by atoms with Gasteiger partial charge in [-0.3, -0.25) is 4.79 Å². The number of hydrogen-bond acceptors (Lipinski definition) is 6. The summed E-state index contributed by atoms with van der Waals surface area (Å²) in [7, 11) is 1.36. The number of amides is 1. The molecule has 0 radical (unpaired) electrons. The van der Waals surface area contributed by atoms with Crippen LogP contribution >= 0.6 is 11.8 Å². The van der Waals surface area contributed by atoms with E-state index in [4.69, 9.17) is 4.74 Å². The monoisotopic (exact) mass is 403 g/mol. The Hall–Kier alpha value is -1.63. The van der Waals surface area contributed by atoms with Gasteiger partial charge in [0.05, 0.1) is 18.6 Å². The van der Waals surface area contributed by atoms with E-state index in [2.05, 4.69) is 22.2 Å². The second-order valence-corrected chi connectivity index (χ2v) is 9.56. The summed E-state index contributed by atoms with van der Waals surface area (Å²) in [6.07, 6.45) is 7.44. The smallest absolute Gasteiger partial charge is 0.342 e. The van der Waals surface area contributed by atoms with E-state index in [9.17, 15) is 9.59 Å². The van der Waals surface area contributed by atoms with E-state index in [1.807, 2.05) is 0 Å². The summed E-state index contributed by atoms with van der Waals surface area (Å²) in [5.41, 5.74) is 1.01. The van der Waals surface area contributed by atoms with Crippen LogP contribution in [0.2, 0.25) is 0 Å². The fourth-order valence-corrected chi connectivity index (χ4v) is 5.86. The zero-order chi connectivity index (χ0) is 19.8. The summed E-state index contributed by atoms with van der Waals surface area (Å²) in [6.45, 7) is 3.94. The number of esters is 1. The highest BCUT2D eigenvalue weighted by Gasteiger charge is 2.42. The molecule has 6 nitrogen and oxygen atoms in total. The Bertz CT molecular complexity index is 780. The van der Waals surface area contributed by atoms with E-state index in [1.165, 1.54) is 44.6 Å². The SMILES string of the molecule is COC(=O)c1c(C)nc(C2CC2)nc1SCC(=O)N[C@@H](C)[C@@H]1C[C@H]2CC[C@H]1C2. The fourth-order valence-electron chi connectivity index (χ4n) is 4.98. The first kappa shape index (κ1) is 19.7. The van der Waals surface area contributed by atoms with Crippen LogP contribution in [0.1, 0.15) is 73.2 Å². The highest BCUT2D eigenvalue weighted by molar-refractivity contribution is 8.00. The van der Waals surface area contributed by atoms with Gasteiger partial charge in [0, 0.05) is 12.0 Å². The number of hydrogen-bond donors (Lipinski definition) is 1. The van der Waals surface area contributed by atoms with Gasteiger partial charge in [0.2, 0.25) is 5.91 Å². The van der Waals surface area contributed by atoms with Crippen molar-refractivity contribution in [3.05, 3.63) is 17.1 Å². The molecule has 3 saturated carbocycles. The zero-order valence-electron chi connectivity index (χ0n) is 16.9. The average Bonchev–Trinajstić information content (AvgIpc) is 3.31. The van der Waals surface area contributed by atoms with Crippen molar-refractivity contribution in [2.45, 2.75) is 69.4 Å². The molecule has 3 fully saturated rings. The number of ether oxygens (including phenoxy) is 1. The Labute approximate surface area is 170 Å². The summed E-state index contributed by atoms with van der Waals surface area (Å²) in [5, 5.41) is 3.74. The van der Waals surface area contributed by atoms with Crippen LogP contribution in [0.3, 0.4) is 0 Å². The van der Waals surface area contributed by atoms with Crippen molar-refractivity contribution >= 4 is 23.6 Å². The predicted molar refractivity (Wildman–Crippen MR) is 107 cm³/mol. The van der Waals surface area contributed by atoms with Gasteiger partial charge in [-0.1, -0.05) is 18.2 Å². The third kappa shape index (κ3) is 4.04. The molecule has 7 heteroatoms. The molecule has 28 heavy (non-hydrogen) atoms. The van der Waals surface area contributed by atoms with Crippen molar-refractivity contribution in [3.8, 4) is 0 Å². The number of carbonyl (C=O) groups is 2. The minimum Gasteiger partial charge on any atom is -0.465 e. The Morgan fingerprint density at radius 1 is 1.21 bits per heavy atom. The minimum atomic E-state index is -0.446. The molecule has 2 bridgehead atoms. The highest BCUT2D eigenvalue weighted by Crippen LogP contribution is 2.49. The molecule has 1 heterocycles. The van der Waals surface area contributed by atoms with Gasteiger partial charge in [-0.2, -0.15) is 0 Å². The molecular weight excluding hydrogens is 374 g/mol. The molecule has 0 unspecified atom stereocenters. The van der Waals surface area contributed by atoms with Crippen molar-refractivity contribution in [1.29, 1.82) is 0 Å². The molecule has 3 aliphatic carbocycles. The van der Waals surface area contributed by atoms with Gasteiger partial charge in [-0.25, -0.2) is 14.8 Å². The first-order chi connectivity index (χ1) is 13.5. The standard InChI is InChI=1S/C21H29N3O3S/c1-11(16-9-13-4-5-15(16)8-13)22-17(25)10-28-20-18(21(26)27-3)12(2)23-19(24-20)14-6-7-14/h11,13-16H,4-10H2,1-3H3,(H,22,25)/t11-,13-,15-,16-/m0/s1. The van der Waals surface area contributed by atoms with Crippen molar-refractivity contribution < 1.29 is 14.3 Å². The maximum Gasteiger partial charge on any atom is 0.342 e. The molecular formula is C21H29N3O3S. The maximum atomic E-state index is 12.6. The van der Waals surface area contributed by atoms with Crippen LogP contribution in [0, 0.1) is 24.7 Å².